The lowest BCUT2D eigenvalue weighted by Gasteiger charge is -2.18. The van der Waals surface area contributed by atoms with Gasteiger partial charge in [-0.1, -0.05) is 24.3 Å². The van der Waals surface area contributed by atoms with Gasteiger partial charge in [-0.3, -0.25) is 4.68 Å². The minimum Gasteiger partial charge on any atom is -0.310 e. The minimum atomic E-state index is -0.225. The van der Waals surface area contributed by atoms with Crippen molar-refractivity contribution >= 4 is 15.9 Å². The predicted molar refractivity (Wildman–Crippen MR) is 75.2 cm³/mol. The van der Waals surface area contributed by atoms with Crippen LogP contribution in [0.2, 0.25) is 0 Å². The van der Waals surface area contributed by atoms with Crippen LogP contribution in [0, 0.1) is 5.82 Å². The SMILES string of the molecule is CCNC(Cc1cn(C)nn1)c1cccc(Br)c1F. The van der Waals surface area contributed by atoms with E-state index in [0.29, 0.717) is 16.5 Å². The zero-order chi connectivity index (χ0) is 13.8. The summed E-state index contributed by atoms with van der Waals surface area (Å²) in [6.45, 7) is 2.76. The molecular formula is C13H16BrFN4. The molecule has 0 radical (unpaired) electrons. The number of aromatic nitrogens is 3. The molecule has 0 spiro atoms. The first kappa shape index (κ1) is 14.1. The topological polar surface area (TPSA) is 42.7 Å². The summed E-state index contributed by atoms with van der Waals surface area (Å²) in [4.78, 5) is 0. The third-order valence-corrected chi connectivity index (χ3v) is 3.48. The smallest absolute Gasteiger partial charge is 0.142 e. The number of hydrogen-bond acceptors (Lipinski definition) is 3. The van der Waals surface area contributed by atoms with Gasteiger partial charge in [0.25, 0.3) is 0 Å². The highest BCUT2D eigenvalue weighted by Crippen LogP contribution is 2.25. The van der Waals surface area contributed by atoms with Gasteiger partial charge in [0.15, 0.2) is 0 Å². The highest BCUT2D eigenvalue weighted by atomic mass is 79.9. The van der Waals surface area contributed by atoms with Crippen LogP contribution in [0.3, 0.4) is 0 Å². The normalized spacial score (nSPS) is 12.6. The summed E-state index contributed by atoms with van der Waals surface area (Å²) in [6, 6.07) is 5.22. The van der Waals surface area contributed by atoms with Gasteiger partial charge in [0.1, 0.15) is 5.82 Å². The number of halogens is 2. The molecule has 2 aromatic rings. The molecule has 1 aromatic carbocycles. The van der Waals surface area contributed by atoms with E-state index in [9.17, 15) is 4.39 Å². The molecular weight excluding hydrogens is 311 g/mol. The molecule has 0 bridgehead atoms. The third kappa shape index (κ3) is 3.39. The highest BCUT2D eigenvalue weighted by Gasteiger charge is 2.18. The van der Waals surface area contributed by atoms with Crippen LogP contribution in [0.4, 0.5) is 4.39 Å². The van der Waals surface area contributed by atoms with E-state index in [0.717, 1.165) is 12.2 Å². The summed E-state index contributed by atoms with van der Waals surface area (Å²) in [5, 5.41) is 11.2. The van der Waals surface area contributed by atoms with Gasteiger partial charge >= 0.3 is 0 Å². The molecule has 4 nitrogen and oxygen atoms in total. The summed E-state index contributed by atoms with van der Waals surface area (Å²) in [5.74, 6) is -0.225. The molecule has 6 heteroatoms. The summed E-state index contributed by atoms with van der Waals surface area (Å²) >= 11 is 3.22. The Morgan fingerprint density at radius 1 is 1.47 bits per heavy atom. The van der Waals surface area contributed by atoms with Gasteiger partial charge in [0, 0.05) is 31.3 Å². The fraction of sp³-hybridized carbons (Fsp3) is 0.385. The predicted octanol–water partition coefficient (Wildman–Crippen LogP) is 2.61. The second-order valence-corrected chi connectivity index (χ2v) is 5.20. The van der Waals surface area contributed by atoms with Gasteiger partial charge in [-0.05, 0) is 28.5 Å². The van der Waals surface area contributed by atoms with Crippen LogP contribution in [-0.4, -0.2) is 21.5 Å². The Labute approximate surface area is 120 Å². The molecule has 0 saturated heterocycles. The van der Waals surface area contributed by atoms with E-state index in [1.807, 2.05) is 26.2 Å². The standard InChI is InChI=1S/C13H16BrFN4/c1-3-16-12(7-9-8-19(2)18-17-9)10-5-4-6-11(14)13(10)15/h4-6,8,12,16H,3,7H2,1-2H3. The number of nitrogens with one attached hydrogen (secondary N) is 1. The van der Waals surface area contributed by atoms with Crippen LogP contribution >= 0.6 is 15.9 Å². The summed E-state index contributed by atoms with van der Waals surface area (Å²) < 4.78 is 16.3. The van der Waals surface area contributed by atoms with Gasteiger partial charge in [-0.25, -0.2) is 4.39 Å². The Balaban J connectivity index is 2.26. The van der Waals surface area contributed by atoms with E-state index in [4.69, 9.17) is 0 Å². The number of nitrogens with zero attached hydrogens (tertiary/aromatic N) is 3. The zero-order valence-corrected chi connectivity index (χ0v) is 12.5. The van der Waals surface area contributed by atoms with Crippen molar-refractivity contribution in [2.75, 3.05) is 6.54 Å². The van der Waals surface area contributed by atoms with Crippen LogP contribution in [0.25, 0.3) is 0 Å². The fourth-order valence-corrected chi connectivity index (χ4v) is 2.41. The van der Waals surface area contributed by atoms with Crippen molar-refractivity contribution in [3.63, 3.8) is 0 Å². The van der Waals surface area contributed by atoms with Gasteiger partial charge in [0.05, 0.1) is 10.2 Å². The monoisotopic (exact) mass is 326 g/mol. The Kier molecular flexibility index (Phi) is 4.66. The first-order chi connectivity index (χ1) is 9.11. The number of likely N-dealkylation sites (N-methyl/N-ethyl adjacent to an activating group) is 1. The summed E-state index contributed by atoms with van der Waals surface area (Å²) in [6.07, 6.45) is 2.45. The van der Waals surface area contributed by atoms with E-state index in [1.54, 1.807) is 16.8 Å². The first-order valence-electron chi connectivity index (χ1n) is 6.14. The number of benzene rings is 1. The number of aryl methyl sites for hydroxylation is 1. The van der Waals surface area contributed by atoms with Crippen molar-refractivity contribution in [2.45, 2.75) is 19.4 Å². The lowest BCUT2D eigenvalue weighted by Crippen LogP contribution is -2.24. The van der Waals surface area contributed by atoms with Crippen LogP contribution in [0.15, 0.2) is 28.9 Å². The molecule has 0 saturated carbocycles. The molecule has 0 aliphatic heterocycles. The van der Waals surface area contributed by atoms with Crippen LogP contribution in [0.1, 0.15) is 24.2 Å². The maximum atomic E-state index is 14.2. The Morgan fingerprint density at radius 3 is 2.89 bits per heavy atom. The number of hydrogen-bond donors (Lipinski definition) is 1. The molecule has 0 amide bonds. The lowest BCUT2D eigenvalue weighted by atomic mass is 10.0. The van der Waals surface area contributed by atoms with E-state index in [2.05, 4.69) is 31.6 Å². The van der Waals surface area contributed by atoms with Crippen molar-refractivity contribution in [1.82, 2.24) is 20.3 Å². The summed E-state index contributed by atoms with van der Waals surface area (Å²) in [5.41, 5.74) is 1.48. The van der Waals surface area contributed by atoms with E-state index < -0.39 is 0 Å². The molecule has 1 aromatic heterocycles. The zero-order valence-electron chi connectivity index (χ0n) is 10.9. The maximum absolute atomic E-state index is 14.2. The lowest BCUT2D eigenvalue weighted by molar-refractivity contribution is 0.503. The van der Waals surface area contributed by atoms with Crippen molar-refractivity contribution in [2.24, 2.45) is 7.05 Å². The molecule has 0 aliphatic carbocycles. The molecule has 0 fully saturated rings. The van der Waals surface area contributed by atoms with E-state index in [-0.39, 0.29) is 11.9 Å². The Hall–Kier alpha value is -1.27. The highest BCUT2D eigenvalue weighted by molar-refractivity contribution is 9.10. The van der Waals surface area contributed by atoms with Crippen molar-refractivity contribution < 1.29 is 4.39 Å². The fourth-order valence-electron chi connectivity index (χ4n) is 2.03. The number of rotatable bonds is 5. The van der Waals surface area contributed by atoms with Crippen molar-refractivity contribution in [3.8, 4) is 0 Å². The Morgan fingerprint density at radius 2 is 2.26 bits per heavy atom. The van der Waals surface area contributed by atoms with E-state index in [1.165, 1.54) is 0 Å². The largest absolute Gasteiger partial charge is 0.310 e. The molecule has 102 valence electrons. The van der Waals surface area contributed by atoms with Crippen molar-refractivity contribution in [3.05, 3.63) is 45.9 Å². The molecule has 1 atom stereocenters. The minimum absolute atomic E-state index is 0.112. The molecule has 0 aliphatic rings. The van der Waals surface area contributed by atoms with Gasteiger partial charge in [-0.15, -0.1) is 5.10 Å². The Bertz CT molecular complexity index is 555. The van der Waals surface area contributed by atoms with Gasteiger partial charge in [0.2, 0.25) is 0 Å². The summed E-state index contributed by atoms with van der Waals surface area (Å²) in [7, 11) is 1.82. The molecule has 1 N–H and O–H groups in total. The van der Waals surface area contributed by atoms with Crippen molar-refractivity contribution in [1.29, 1.82) is 0 Å². The first-order valence-corrected chi connectivity index (χ1v) is 6.93. The third-order valence-electron chi connectivity index (χ3n) is 2.87. The molecule has 1 unspecified atom stereocenters. The van der Waals surface area contributed by atoms with E-state index >= 15 is 0 Å². The average Bonchev–Trinajstić information content (AvgIpc) is 2.78. The quantitative estimate of drug-likeness (QED) is 0.918. The van der Waals surface area contributed by atoms with Crippen LogP contribution < -0.4 is 5.32 Å². The second kappa shape index (κ2) is 6.25. The molecule has 19 heavy (non-hydrogen) atoms. The maximum Gasteiger partial charge on any atom is 0.142 e. The average molecular weight is 327 g/mol. The van der Waals surface area contributed by atoms with Gasteiger partial charge in [-0.2, -0.15) is 0 Å². The van der Waals surface area contributed by atoms with Crippen LogP contribution in [-0.2, 0) is 13.5 Å². The van der Waals surface area contributed by atoms with Gasteiger partial charge < -0.3 is 5.32 Å². The molecule has 2 rings (SSSR count). The molecule has 1 heterocycles. The second-order valence-electron chi connectivity index (χ2n) is 4.34. The van der Waals surface area contributed by atoms with Crippen LogP contribution in [0.5, 0.6) is 0 Å².